The first-order chi connectivity index (χ1) is 14.9. The van der Waals surface area contributed by atoms with Crippen LogP contribution in [0.25, 0.3) is 11.2 Å². The molecule has 1 saturated heterocycles. The van der Waals surface area contributed by atoms with Gasteiger partial charge in [-0.15, -0.1) is 0 Å². The predicted molar refractivity (Wildman–Crippen MR) is 113 cm³/mol. The molecule has 0 aliphatic carbocycles. The topological polar surface area (TPSA) is 108 Å². The third-order valence-electron chi connectivity index (χ3n) is 5.48. The zero-order chi connectivity index (χ0) is 22.1. The molecular formula is C21H23N5O5. The van der Waals surface area contributed by atoms with Gasteiger partial charge in [-0.1, -0.05) is 12.1 Å². The van der Waals surface area contributed by atoms with Gasteiger partial charge in [-0.2, -0.15) is 0 Å². The van der Waals surface area contributed by atoms with Crippen LogP contribution in [0, 0.1) is 0 Å². The molecule has 1 fully saturated rings. The Balaban J connectivity index is 1.36. The first kappa shape index (κ1) is 20.6. The van der Waals surface area contributed by atoms with Crippen molar-refractivity contribution in [1.29, 1.82) is 0 Å². The zero-order valence-electron chi connectivity index (χ0n) is 17.4. The molecule has 0 radical (unpaired) electrons. The van der Waals surface area contributed by atoms with E-state index in [2.05, 4.69) is 4.98 Å². The Morgan fingerprint density at radius 1 is 1.10 bits per heavy atom. The van der Waals surface area contributed by atoms with Gasteiger partial charge in [-0.3, -0.25) is 23.5 Å². The largest absolute Gasteiger partial charge is 0.464 e. The van der Waals surface area contributed by atoms with Gasteiger partial charge in [-0.05, 0) is 24.1 Å². The number of fused-ring (bicyclic) bond motifs is 1. The fourth-order valence-electron chi connectivity index (χ4n) is 3.76. The van der Waals surface area contributed by atoms with Gasteiger partial charge in [0.2, 0.25) is 5.91 Å². The van der Waals surface area contributed by atoms with Crippen LogP contribution in [0.2, 0.25) is 0 Å². The molecule has 1 aliphatic rings. The second-order valence-corrected chi connectivity index (χ2v) is 7.53. The van der Waals surface area contributed by atoms with Crippen molar-refractivity contribution in [2.75, 3.05) is 18.1 Å². The molecule has 1 aromatic carbocycles. The van der Waals surface area contributed by atoms with Crippen LogP contribution in [0.1, 0.15) is 18.4 Å². The van der Waals surface area contributed by atoms with Crippen LogP contribution >= 0.6 is 0 Å². The maximum Gasteiger partial charge on any atom is 0.332 e. The lowest BCUT2D eigenvalue weighted by molar-refractivity contribution is -0.143. The minimum atomic E-state index is -0.450. The smallest absolute Gasteiger partial charge is 0.332 e. The molecule has 0 N–H and O–H groups in total. The summed E-state index contributed by atoms with van der Waals surface area (Å²) in [6.45, 7) is 1.03. The summed E-state index contributed by atoms with van der Waals surface area (Å²) in [6.07, 6.45) is 3.00. The van der Waals surface area contributed by atoms with Crippen molar-refractivity contribution >= 4 is 28.7 Å². The standard InChI is InChI=1S/C21H23N5O5/c1-23-19-18(20(29)24(2)21(23)30)25(13-22-19)10-11-31-17(28)12-14-5-7-15(8-6-14)26-9-3-4-16(26)27/h5-8,13H,3-4,9-12H2,1-2H3. The lowest BCUT2D eigenvalue weighted by Gasteiger charge is -2.15. The summed E-state index contributed by atoms with van der Waals surface area (Å²) in [5.41, 5.74) is 1.30. The molecule has 31 heavy (non-hydrogen) atoms. The summed E-state index contributed by atoms with van der Waals surface area (Å²) in [5, 5.41) is 0. The number of rotatable bonds is 6. The van der Waals surface area contributed by atoms with E-state index in [-0.39, 0.29) is 36.6 Å². The number of aromatic nitrogens is 4. The summed E-state index contributed by atoms with van der Waals surface area (Å²) in [4.78, 5) is 54.3. The van der Waals surface area contributed by atoms with Gasteiger partial charge in [0, 0.05) is 32.7 Å². The zero-order valence-corrected chi connectivity index (χ0v) is 17.4. The third kappa shape index (κ3) is 3.88. The lowest BCUT2D eigenvalue weighted by atomic mass is 10.1. The Morgan fingerprint density at radius 3 is 2.52 bits per heavy atom. The van der Waals surface area contributed by atoms with Gasteiger partial charge in [0.1, 0.15) is 6.61 Å². The maximum atomic E-state index is 12.4. The number of anilines is 1. The minimum absolute atomic E-state index is 0.0661. The first-order valence-electron chi connectivity index (χ1n) is 10.0. The third-order valence-corrected chi connectivity index (χ3v) is 5.48. The molecule has 3 aromatic rings. The highest BCUT2D eigenvalue weighted by Gasteiger charge is 2.21. The summed E-state index contributed by atoms with van der Waals surface area (Å²) < 4.78 is 9.21. The van der Waals surface area contributed by atoms with Crippen molar-refractivity contribution in [3.8, 4) is 0 Å². The van der Waals surface area contributed by atoms with Crippen molar-refractivity contribution in [3.63, 3.8) is 0 Å². The fourth-order valence-corrected chi connectivity index (χ4v) is 3.76. The molecule has 162 valence electrons. The molecule has 0 spiro atoms. The average Bonchev–Trinajstić information content (AvgIpc) is 3.38. The molecule has 4 rings (SSSR count). The SMILES string of the molecule is Cn1c(=O)c2c(ncn2CCOC(=O)Cc2ccc(N3CCCC3=O)cc2)n(C)c1=O. The number of hydrogen-bond donors (Lipinski definition) is 0. The average molecular weight is 425 g/mol. The summed E-state index contributed by atoms with van der Waals surface area (Å²) in [5.74, 6) is -0.274. The molecule has 10 heteroatoms. The molecular weight excluding hydrogens is 402 g/mol. The highest BCUT2D eigenvalue weighted by molar-refractivity contribution is 5.95. The number of aryl methyl sites for hydroxylation is 1. The summed E-state index contributed by atoms with van der Waals surface area (Å²) in [6, 6.07) is 7.30. The van der Waals surface area contributed by atoms with E-state index < -0.39 is 17.2 Å². The number of hydrogen-bond acceptors (Lipinski definition) is 6. The molecule has 10 nitrogen and oxygen atoms in total. The van der Waals surface area contributed by atoms with Crippen LogP contribution < -0.4 is 16.1 Å². The van der Waals surface area contributed by atoms with Crippen molar-refractivity contribution in [3.05, 3.63) is 57.0 Å². The van der Waals surface area contributed by atoms with E-state index in [9.17, 15) is 19.2 Å². The molecule has 3 heterocycles. The molecule has 1 aliphatic heterocycles. The lowest BCUT2D eigenvalue weighted by Crippen LogP contribution is -2.37. The number of carbonyl (C=O) groups is 2. The van der Waals surface area contributed by atoms with Crippen LogP contribution in [0.3, 0.4) is 0 Å². The van der Waals surface area contributed by atoms with Crippen LogP contribution in [0.15, 0.2) is 40.2 Å². The molecule has 0 bridgehead atoms. The predicted octanol–water partition coefficient (Wildman–Crippen LogP) is 0.346. The monoisotopic (exact) mass is 425 g/mol. The normalized spacial score (nSPS) is 13.9. The molecule has 0 unspecified atom stereocenters. The van der Waals surface area contributed by atoms with Crippen molar-refractivity contribution in [2.45, 2.75) is 25.8 Å². The van der Waals surface area contributed by atoms with Gasteiger partial charge in [0.15, 0.2) is 11.2 Å². The van der Waals surface area contributed by atoms with Crippen LogP contribution in [-0.2, 0) is 41.4 Å². The molecule has 0 saturated carbocycles. The van der Waals surface area contributed by atoms with Crippen molar-refractivity contribution in [1.82, 2.24) is 18.7 Å². The van der Waals surface area contributed by atoms with E-state index in [1.165, 1.54) is 17.9 Å². The Hall–Kier alpha value is -3.69. The van der Waals surface area contributed by atoms with Crippen LogP contribution in [0.5, 0.6) is 0 Å². The Kier molecular flexibility index (Phi) is 5.45. The van der Waals surface area contributed by atoms with Gasteiger partial charge in [0.05, 0.1) is 19.3 Å². The second kappa shape index (κ2) is 8.21. The van der Waals surface area contributed by atoms with Crippen molar-refractivity contribution in [2.24, 2.45) is 14.1 Å². The van der Waals surface area contributed by atoms with Crippen LogP contribution in [-0.4, -0.2) is 43.7 Å². The number of amides is 1. The Morgan fingerprint density at radius 2 is 1.84 bits per heavy atom. The quantitative estimate of drug-likeness (QED) is 0.527. The maximum absolute atomic E-state index is 12.4. The van der Waals surface area contributed by atoms with E-state index in [1.807, 2.05) is 24.3 Å². The van der Waals surface area contributed by atoms with Gasteiger partial charge >= 0.3 is 11.7 Å². The number of carbonyl (C=O) groups excluding carboxylic acids is 2. The van der Waals surface area contributed by atoms with E-state index in [0.29, 0.717) is 6.42 Å². The van der Waals surface area contributed by atoms with Crippen molar-refractivity contribution < 1.29 is 14.3 Å². The van der Waals surface area contributed by atoms with E-state index in [4.69, 9.17) is 4.74 Å². The second-order valence-electron chi connectivity index (χ2n) is 7.53. The first-order valence-corrected chi connectivity index (χ1v) is 10.0. The van der Waals surface area contributed by atoms with E-state index in [1.54, 1.807) is 16.5 Å². The molecule has 0 atom stereocenters. The highest BCUT2D eigenvalue weighted by atomic mass is 16.5. The summed E-state index contributed by atoms with van der Waals surface area (Å²) >= 11 is 0. The Bertz CT molecular complexity index is 1270. The minimum Gasteiger partial charge on any atom is -0.464 e. The number of imidazole rings is 1. The molecule has 2 aromatic heterocycles. The van der Waals surface area contributed by atoms with E-state index >= 15 is 0 Å². The number of ether oxygens (including phenoxy) is 1. The fraction of sp³-hybridized carbons (Fsp3) is 0.381. The Labute approximate surface area is 177 Å². The number of benzene rings is 1. The van der Waals surface area contributed by atoms with Crippen LogP contribution in [0.4, 0.5) is 5.69 Å². The molecule has 1 amide bonds. The van der Waals surface area contributed by atoms with Gasteiger partial charge in [0.25, 0.3) is 5.56 Å². The highest BCUT2D eigenvalue weighted by Crippen LogP contribution is 2.21. The number of esters is 1. The summed E-state index contributed by atoms with van der Waals surface area (Å²) in [7, 11) is 2.96. The van der Waals surface area contributed by atoms with E-state index in [0.717, 1.165) is 28.8 Å². The number of nitrogens with zero attached hydrogens (tertiary/aromatic N) is 5. The van der Waals surface area contributed by atoms with Gasteiger partial charge < -0.3 is 14.2 Å². The van der Waals surface area contributed by atoms with Gasteiger partial charge in [-0.25, -0.2) is 9.78 Å².